The lowest BCUT2D eigenvalue weighted by atomic mass is 9.90. The Kier molecular flexibility index (Phi) is 6.56. The Morgan fingerprint density at radius 1 is 0.765 bits per heavy atom. The molecule has 0 saturated carbocycles. The molecule has 2 fully saturated rings. The molecule has 0 N–H and O–H groups in total. The lowest BCUT2D eigenvalue weighted by Gasteiger charge is -2.37. The zero-order valence-electron chi connectivity index (χ0n) is 19.3. The van der Waals surface area contributed by atoms with Crippen molar-refractivity contribution in [1.29, 1.82) is 0 Å². The van der Waals surface area contributed by atoms with Crippen molar-refractivity contribution >= 4 is 23.0 Å². The van der Waals surface area contributed by atoms with Crippen LogP contribution in [0.25, 0.3) is 0 Å². The second-order valence-corrected chi connectivity index (χ2v) is 9.06. The van der Waals surface area contributed by atoms with Crippen LogP contribution in [0.4, 0.5) is 23.0 Å². The molecule has 2 aliphatic heterocycles. The van der Waals surface area contributed by atoms with Crippen LogP contribution >= 0.6 is 0 Å². The van der Waals surface area contributed by atoms with Crippen LogP contribution < -0.4 is 14.7 Å². The highest BCUT2D eigenvalue weighted by atomic mass is 16.6. The standard InChI is InChI=1S/C26H30N6O2/c33-32(34)24-25(30-13-11-22(12-14-30)19-21-7-3-1-4-8-21)27-20-28-26(24)31-17-15-29(16-18-31)23-9-5-2-6-10-23/h1-10,20,22H,11-19H2. The van der Waals surface area contributed by atoms with Crippen LogP contribution in [0.1, 0.15) is 18.4 Å². The van der Waals surface area contributed by atoms with E-state index >= 15 is 0 Å². The van der Waals surface area contributed by atoms with Gasteiger partial charge in [-0.1, -0.05) is 48.5 Å². The Labute approximate surface area is 200 Å². The van der Waals surface area contributed by atoms with Gasteiger partial charge in [-0.2, -0.15) is 0 Å². The Hall–Kier alpha value is -3.68. The number of aromatic nitrogens is 2. The molecule has 176 valence electrons. The zero-order valence-corrected chi connectivity index (χ0v) is 19.3. The van der Waals surface area contributed by atoms with Gasteiger partial charge >= 0.3 is 5.69 Å². The summed E-state index contributed by atoms with van der Waals surface area (Å²) in [5, 5.41) is 12.2. The molecule has 8 heteroatoms. The number of nitrogens with zero attached hydrogens (tertiary/aromatic N) is 6. The average molecular weight is 459 g/mol. The molecule has 2 aliphatic rings. The summed E-state index contributed by atoms with van der Waals surface area (Å²) in [5.41, 5.74) is 2.57. The summed E-state index contributed by atoms with van der Waals surface area (Å²) in [7, 11) is 0. The summed E-state index contributed by atoms with van der Waals surface area (Å²) in [6, 6.07) is 20.8. The molecule has 0 unspecified atom stereocenters. The van der Waals surface area contributed by atoms with E-state index in [0.717, 1.165) is 45.4 Å². The quantitative estimate of drug-likeness (QED) is 0.405. The first-order valence-electron chi connectivity index (χ1n) is 12.0. The first-order valence-corrected chi connectivity index (χ1v) is 12.0. The second kappa shape index (κ2) is 10.1. The van der Waals surface area contributed by atoms with Gasteiger partial charge in [0.1, 0.15) is 6.33 Å². The SMILES string of the molecule is O=[N+]([O-])c1c(N2CCC(Cc3ccccc3)CC2)ncnc1N1CCN(c2ccccc2)CC1. The normalized spacial score (nSPS) is 17.1. The van der Waals surface area contributed by atoms with E-state index in [1.54, 1.807) is 0 Å². The van der Waals surface area contributed by atoms with Gasteiger partial charge in [0, 0.05) is 45.0 Å². The summed E-state index contributed by atoms with van der Waals surface area (Å²) in [6.07, 6.45) is 4.54. The van der Waals surface area contributed by atoms with Gasteiger partial charge in [0.05, 0.1) is 4.92 Å². The van der Waals surface area contributed by atoms with Crippen molar-refractivity contribution in [1.82, 2.24) is 9.97 Å². The van der Waals surface area contributed by atoms with E-state index in [-0.39, 0.29) is 10.6 Å². The zero-order chi connectivity index (χ0) is 23.3. The number of rotatable bonds is 6. The van der Waals surface area contributed by atoms with Gasteiger partial charge in [0.2, 0.25) is 11.6 Å². The number of benzene rings is 2. The fourth-order valence-corrected chi connectivity index (χ4v) is 5.10. The van der Waals surface area contributed by atoms with E-state index in [2.05, 4.69) is 56.2 Å². The van der Waals surface area contributed by atoms with E-state index in [0.29, 0.717) is 30.6 Å². The summed E-state index contributed by atoms with van der Waals surface area (Å²) in [6.45, 7) is 4.51. The van der Waals surface area contributed by atoms with E-state index in [9.17, 15) is 10.1 Å². The molecule has 0 aliphatic carbocycles. The van der Waals surface area contributed by atoms with Crippen molar-refractivity contribution in [3.05, 3.63) is 82.7 Å². The topological polar surface area (TPSA) is 78.6 Å². The fraction of sp³-hybridized carbons (Fsp3) is 0.385. The van der Waals surface area contributed by atoms with Gasteiger partial charge in [0.15, 0.2) is 0 Å². The van der Waals surface area contributed by atoms with Crippen LogP contribution in [0, 0.1) is 16.0 Å². The predicted octanol–water partition coefficient (Wildman–Crippen LogP) is 4.17. The maximum absolute atomic E-state index is 12.2. The Bertz CT molecular complexity index is 1090. The van der Waals surface area contributed by atoms with Crippen molar-refractivity contribution in [2.75, 3.05) is 54.0 Å². The molecule has 3 aromatic rings. The molecule has 5 rings (SSSR count). The summed E-state index contributed by atoms with van der Waals surface area (Å²) >= 11 is 0. The molecular formula is C26H30N6O2. The predicted molar refractivity (Wildman–Crippen MR) is 135 cm³/mol. The summed E-state index contributed by atoms with van der Waals surface area (Å²) in [5.74, 6) is 1.48. The monoisotopic (exact) mass is 458 g/mol. The lowest BCUT2D eigenvalue weighted by molar-refractivity contribution is -0.383. The fourth-order valence-electron chi connectivity index (χ4n) is 5.10. The third-order valence-electron chi connectivity index (χ3n) is 6.95. The molecule has 2 aromatic carbocycles. The van der Waals surface area contributed by atoms with Gasteiger partial charge in [-0.15, -0.1) is 0 Å². The number of hydrogen-bond acceptors (Lipinski definition) is 7. The van der Waals surface area contributed by atoms with E-state index in [1.807, 2.05) is 29.2 Å². The van der Waals surface area contributed by atoms with E-state index in [4.69, 9.17) is 0 Å². The van der Waals surface area contributed by atoms with Crippen LogP contribution in [-0.4, -0.2) is 54.2 Å². The Morgan fingerprint density at radius 2 is 1.29 bits per heavy atom. The van der Waals surface area contributed by atoms with Crippen LogP contribution in [0.3, 0.4) is 0 Å². The molecule has 0 bridgehead atoms. The maximum atomic E-state index is 12.2. The highest BCUT2D eigenvalue weighted by molar-refractivity contribution is 5.71. The Balaban J connectivity index is 1.28. The van der Waals surface area contributed by atoms with Crippen LogP contribution in [0.15, 0.2) is 67.0 Å². The van der Waals surface area contributed by atoms with Crippen molar-refractivity contribution in [2.24, 2.45) is 5.92 Å². The number of para-hydroxylation sites is 1. The maximum Gasteiger partial charge on any atom is 0.353 e. The smallest absolute Gasteiger partial charge is 0.353 e. The number of anilines is 3. The average Bonchev–Trinajstić information content (AvgIpc) is 2.90. The molecule has 0 radical (unpaired) electrons. The number of nitro groups is 1. The first-order chi connectivity index (χ1) is 16.7. The van der Waals surface area contributed by atoms with Gasteiger partial charge in [-0.05, 0) is 42.9 Å². The summed E-state index contributed by atoms with van der Waals surface area (Å²) in [4.78, 5) is 27.1. The van der Waals surface area contributed by atoms with Crippen LogP contribution in [0.5, 0.6) is 0 Å². The lowest BCUT2D eigenvalue weighted by Crippen LogP contribution is -2.47. The highest BCUT2D eigenvalue weighted by Gasteiger charge is 2.33. The molecule has 0 amide bonds. The van der Waals surface area contributed by atoms with Crippen molar-refractivity contribution in [3.8, 4) is 0 Å². The second-order valence-electron chi connectivity index (χ2n) is 9.06. The van der Waals surface area contributed by atoms with Gasteiger partial charge in [0.25, 0.3) is 0 Å². The molecule has 2 saturated heterocycles. The largest absolute Gasteiger partial charge is 0.368 e. The third kappa shape index (κ3) is 4.81. The van der Waals surface area contributed by atoms with Gasteiger partial charge < -0.3 is 14.7 Å². The van der Waals surface area contributed by atoms with E-state index < -0.39 is 0 Å². The first kappa shape index (κ1) is 22.1. The minimum Gasteiger partial charge on any atom is -0.368 e. The van der Waals surface area contributed by atoms with Crippen molar-refractivity contribution < 1.29 is 4.92 Å². The highest BCUT2D eigenvalue weighted by Crippen LogP contribution is 2.37. The minimum absolute atomic E-state index is 0.0390. The molecule has 0 spiro atoms. The van der Waals surface area contributed by atoms with Crippen molar-refractivity contribution in [2.45, 2.75) is 19.3 Å². The van der Waals surface area contributed by atoms with Gasteiger partial charge in [-0.3, -0.25) is 10.1 Å². The number of piperazine rings is 1. The molecule has 1 aromatic heterocycles. The van der Waals surface area contributed by atoms with Crippen LogP contribution in [0.2, 0.25) is 0 Å². The van der Waals surface area contributed by atoms with Crippen LogP contribution in [-0.2, 0) is 6.42 Å². The molecule has 3 heterocycles. The number of piperidine rings is 1. The molecule has 34 heavy (non-hydrogen) atoms. The molecule has 0 atom stereocenters. The number of hydrogen-bond donors (Lipinski definition) is 0. The van der Waals surface area contributed by atoms with Crippen molar-refractivity contribution in [3.63, 3.8) is 0 Å². The summed E-state index contributed by atoms with van der Waals surface area (Å²) < 4.78 is 0. The third-order valence-corrected chi connectivity index (χ3v) is 6.95. The molecular weight excluding hydrogens is 428 g/mol. The minimum atomic E-state index is -0.301. The van der Waals surface area contributed by atoms with E-state index in [1.165, 1.54) is 17.6 Å². The molecule has 8 nitrogen and oxygen atoms in total. The van der Waals surface area contributed by atoms with Gasteiger partial charge in [-0.25, -0.2) is 9.97 Å². The Morgan fingerprint density at radius 3 is 1.88 bits per heavy atom.